The van der Waals surface area contributed by atoms with Crippen molar-refractivity contribution in [1.82, 2.24) is 4.98 Å². The highest BCUT2D eigenvalue weighted by molar-refractivity contribution is 7.17. The third-order valence-electron chi connectivity index (χ3n) is 3.93. The first-order chi connectivity index (χ1) is 9.37. The number of Topliss-reactive ketones (excluding diaryl/α,β-unsaturated/α-hetero) is 1. The first kappa shape index (κ1) is 13.5. The first-order valence-corrected chi connectivity index (χ1v) is 7.78. The maximum absolute atomic E-state index is 12.3. The summed E-state index contributed by atoms with van der Waals surface area (Å²) < 4.78 is 0. The summed E-state index contributed by atoms with van der Waals surface area (Å²) in [6.07, 6.45) is 1.53. The fourth-order valence-electron chi connectivity index (χ4n) is 2.98. The van der Waals surface area contributed by atoms with Crippen molar-refractivity contribution in [1.29, 1.82) is 0 Å². The molecule has 0 spiro atoms. The SMILES string of the molecule is Cc1cccc(C)c1-c1nc2c(s1)C(=O)CC(C)(C)C2. The molecule has 0 amide bonds. The second-order valence-corrected chi connectivity index (χ2v) is 7.50. The molecule has 1 aromatic heterocycles. The van der Waals surface area contributed by atoms with E-state index in [0.29, 0.717) is 6.42 Å². The quantitative estimate of drug-likeness (QED) is 0.767. The predicted octanol–water partition coefficient (Wildman–Crippen LogP) is 4.58. The van der Waals surface area contributed by atoms with Crippen molar-refractivity contribution >= 4 is 17.1 Å². The Morgan fingerprint density at radius 1 is 1.15 bits per heavy atom. The van der Waals surface area contributed by atoms with Gasteiger partial charge in [0.2, 0.25) is 0 Å². The highest BCUT2D eigenvalue weighted by Crippen LogP contribution is 2.40. The van der Waals surface area contributed by atoms with Crippen LogP contribution in [0.4, 0.5) is 0 Å². The summed E-state index contributed by atoms with van der Waals surface area (Å²) in [6, 6.07) is 6.28. The standard InChI is InChI=1S/C17H19NOS/c1-10-6-5-7-11(2)14(10)16-18-12-8-17(3,4)9-13(19)15(12)20-16/h5-7H,8-9H2,1-4H3. The van der Waals surface area contributed by atoms with Gasteiger partial charge in [-0.1, -0.05) is 32.0 Å². The van der Waals surface area contributed by atoms with E-state index in [-0.39, 0.29) is 11.2 Å². The van der Waals surface area contributed by atoms with Crippen LogP contribution in [-0.2, 0) is 6.42 Å². The van der Waals surface area contributed by atoms with Gasteiger partial charge in [-0.2, -0.15) is 0 Å². The maximum atomic E-state index is 12.3. The summed E-state index contributed by atoms with van der Waals surface area (Å²) in [5.41, 5.74) is 4.67. The van der Waals surface area contributed by atoms with E-state index in [4.69, 9.17) is 4.98 Å². The zero-order valence-electron chi connectivity index (χ0n) is 12.4. The smallest absolute Gasteiger partial charge is 0.175 e. The van der Waals surface area contributed by atoms with Crippen molar-refractivity contribution in [3.05, 3.63) is 39.9 Å². The van der Waals surface area contributed by atoms with E-state index in [0.717, 1.165) is 22.0 Å². The summed E-state index contributed by atoms with van der Waals surface area (Å²) in [5, 5.41) is 0.997. The topological polar surface area (TPSA) is 30.0 Å². The van der Waals surface area contributed by atoms with Gasteiger partial charge in [-0.05, 0) is 36.8 Å². The molecule has 0 saturated carbocycles. The van der Waals surface area contributed by atoms with Crippen molar-refractivity contribution in [2.75, 3.05) is 0 Å². The number of nitrogens with zero attached hydrogens (tertiary/aromatic N) is 1. The lowest BCUT2D eigenvalue weighted by molar-refractivity contribution is 0.0916. The second kappa shape index (κ2) is 4.52. The number of aryl methyl sites for hydroxylation is 2. The minimum Gasteiger partial charge on any atom is -0.293 e. The van der Waals surface area contributed by atoms with Crippen LogP contribution in [0.1, 0.15) is 46.8 Å². The fraction of sp³-hybridized carbons (Fsp3) is 0.412. The Bertz CT molecular complexity index is 677. The molecule has 3 rings (SSSR count). The van der Waals surface area contributed by atoms with E-state index >= 15 is 0 Å². The zero-order valence-corrected chi connectivity index (χ0v) is 13.2. The zero-order chi connectivity index (χ0) is 14.5. The highest BCUT2D eigenvalue weighted by Gasteiger charge is 2.34. The molecule has 104 valence electrons. The molecule has 1 heterocycles. The van der Waals surface area contributed by atoms with Crippen molar-refractivity contribution in [3.8, 4) is 10.6 Å². The van der Waals surface area contributed by atoms with Gasteiger partial charge in [0.15, 0.2) is 5.78 Å². The Morgan fingerprint density at radius 3 is 2.45 bits per heavy atom. The average molecular weight is 285 g/mol. The molecular weight excluding hydrogens is 266 g/mol. The van der Waals surface area contributed by atoms with Crippen LogP contribution in [0.15, 0.2) is 18.2 Å². The molecule has 0 aliphatic heterocycles. The molecule has 0 unspecified atom stereocenters. The van der Waals surface area contributed by atoms with Crippen LogP contribution in [0.5, 0.6) is 0 Å². The number of thiazole rings is 1. The van der Waals surface area contributed by atoms with E-state index in [9.17, 15) is 4.79 Å². The molecule has 2 aromatic rings. The minimum atomic E-state index is 0.0379. The van der Waals surface area contributed by atoms with Crippen LogP contribution in [0.2, 0.25) is 0 Å². The van der Waals surface area contributed by atoms with Gasteiger partial charge in [-0.3, -0.25) is 4.79 Å². The van der Waals surface area contributed by atoms with Gasteiger partial charge < -0.3 is 0 Å². The van der Waals surface area contributed by atoms with Crippen LogP contribution < -0.4 is 0 Å². The largest absolute Gasteiger partial charge is 0.293 e. The Morgan fingerprint density at radius 2 is 1.80 bits per heavy atom. The van der Waals surface area contributed by atoms with E-state index in [2.05, 4.69) is 45.9 Å². The lowest BCUT2D eigenvalue weighted by Gasteiger charge is -2.26. The Hall–Kier alpha value is -1.48. The number of carbonyl (C=O) groups excluding carboxylic acids is 1. The maximum Gasteiger partial charge on any atom is 0.175 e. The van der Waals surface area contributed by atoms with Crippen LogP contribution >= 0.6 is 11.3 Å². The summed E-state index contributed by atoms with van der Waals surface area (Å²) >= 11 is 1.56. The van der Waals surface area contributed by atoms with Gasteiger partial charge in [-0.15, -0.1) is 11.3 Å². The fourth-order valence-corrected chi connectivity index (χ4v) is 4.17. The molecular formula is C17H19NOS. The molecule has 2 nitrogen and oxygen atoms in total. The molecule has 20 heavy (non-hydrogen) atoms. The van der Waals surface area contributed by atoms with Gasteiger partial charge >= 0.3 is 0 Å². The molecule has 1 aliphatic rings. The molecule has 1 aromatic carbocycles. The highest BCUT2D eigenvalue weighted by atomic mass is 32.1. The molecule has 0 N–H and O–H groups in total. The predicted molar refractivity (Wildman–Crippen MR) is 83.5 cm³/mol. The van der Waals surface area contributed by atoms with Crippen LogP contribution in [0.25, 0.3) is 10.6 Å². The van der Waals surface area contributed by atoms with Crippen LogP contribution in [0, 0.1) is 19.3 Å². The molecule has 0 bridgehead atoms. The molecule has 0 fully saturated rings. The normalized spacial score (nSPS) is 17.1. The Kier molecular flexibility index (Phi) is 3.05. The Balaban J connectivity index is 2.13. The average Bonchev–Trinajstić information content (AvgIpc) is 2.70. The van der Waals surface area contributed by atoms with Crippen molar-refractivity contribution in [2.45, 2.75) is 40.5 Å². The lowest BCUT2D eigenvalue weighted by atomic mass is 9.78. The van der Waals surface area contributed by atoms with Gasteiger partial charge in [0.05, 0.1) is 10.6 Å². The van der Waals surface area contributed by atoms with Crippen molar-refractivity contribution < 1.29 is 4.79 Å². The number of rotatable bonds is 1. The molecule has 1 aliphatic carbocycles. The Labute approximate surface area is 123 Å². The van der Waals surface area contributed by atoms with E-state index in [1.807, 2.05) is 0 Å². The number of carbonyl (C=O) groups is 1. The first-order valence-electron chi connectivity index (χ1n) is 6.97. The van der Waals surface area contributed by atoms with Gasteiger partial charge in [0, 0.05) is 12.0 Å². The van der Waals surface area contributed by atoms with Crippen LogP contribution in [-0.4, -0.2) is 10.8 Å². The molecule has 0 atom stereocenters. The number of benzene rings is 1. The molecule has 0 saturated heterocycles. The van der Waals surface area contributed by atoms with Gasteiger partial charge in [-0.25, -0.2) is 4.98 Å². The lowest BCUT2D eigenvalue weighted by Crippen LogP contribution is -2.25. The number of aromatic nitrogens is 1. The number of hydrogen-bond acceptors (Lipinski definition) is 3. The summed E-state index contributed by atoms with van der Waals surface area (Å²) in [7, 11) is 0. The van der Waals surface area contributed by atoms with E-state index in [1.54, 1.807) is 11.3 Å². The van der Waals surface area contributed by atoms with Crippen molar-refractivity contribution in [2.24, 2.45) is 5.41 Å². The minimum absolute atomic E-state index is 0.0379. The molecule has 3 heteroatoms. The van der Waals surface area contributed by atoms with E-state index in [1.165, 1.54) is 16.7 Å². The van der Waals surface area contributed by atoms with E-state index < -0.39 is 0 Å². The number of fused-ring (bicyclic) bond motifs is 1. The third kappa shape index (κ3) is 2.20. The van der Waals surface area contributed by atoms with Crippen LogP contribution in [0.3, 0.4) is 0 Å². The summed E-state index contributed by atoms with van der Waals surface area (Å²) in [5.74, 6) is 0.256. The van der Waals surface area contributed by atoms with Gasteiger partial charge in [0.1, 0.15) is 5.01 Å². The number of hydrogen-bond donors (Lipinski definition) is 0. The summed E-state index contributed by atoms with van der Waals surface area (Å²) in [6.45, 7) is 8.50. The number of ketones is 1. The summed E-state index contributed by atoms with van der Waals surface area (Å²) in [4.78, 5) is 17.9. The second-order valence-electron chi connectivity index (χ2n) is 6.50. The van der Waals surface area contributed by atoms with Crippen molar-refractivity contribution in [3.63, 3.8) is 0 Å². The molecule has 0 radical (unpaired) electrons. The monoisotopic (exact) mass is 285 g/mol. The van der Waals surface area contributed by atoms with Gasteiger partial charge in [0.25, 0.3) is 0 Å². The third-order valence-corrected chi connectivity index (χ3v) is 5.09.